The maximum atomic E-state index is 12.4. The average Bonchev–Trinajstić information content (AvgIpc) is 2.67. The SMILES string of the molecule is CCC(=O)N1C2CCC3C1CCC2N3C/C=C/c1ccc([N+](=O)[O-])cc1. The molecule has 0 N–H and O–H groups in total. The van der Waals surface area contributed by atoms with Gasteiger partial charge in [-0.05, 0) is 43.4 Å². The minimum atomic E-state index is -0.377. The van der Waals surface area contributed by atoms with Crippen molar-refractivity contribution in [2.24, 2.45) is 0 Å². The molecule has 4 unspecified atom stereocenters. The van der Waals surface area contributed by atoms with Gasteiger partial charge in [-0.1, -0.05) is 19.1 Å². The van der Waals surface area contributed by atoms with Gasteiger partial charge in [0, 0.05) is 49.3 Å². The lowest BCUT2D eigenvalue weighted by Gasteiger charge is -2.64. The fourth-order valence-corrected chi connectivity index (χ4v) is 5.21. The fourth-order valence-electron chi connectivity index (χ4n) is 5.21. The minimum absolute atomic E-state index is 0.119. The predicted molar refractivity (Wildman–Crippen MR) is 99.6 cm³/mol. The van der Waals surface area contributed by atoms with E-state index in [-0.39, 0.29) is 10.6 Å². The summed E-state index contributed by atoms with van der Waals surface area (Å²) in [4.78, 5) is 27.5. The number of piperazine rings is 1. The molecule has 6 heteroatoms. The molecule has 1 aromatic rings. The molecule has 5 heterocycles. The van der Waals surface area contributed by atoms with E-state index in [1.54, 1.807) is 24.3 Å². The molecule has 1 aromatic carbocycles. The van der Waals surface area contributed by atoms with Gasteiger partial charge in [0.05, 0.1) is 4.92 Å². The van der Waals surface area contributed by atoms with Gasteiger partial charge in [-0.3, -0.25) is 19.8 Å². The Morgan fingerprint density at radius 1 is 1.12 bits per heavy atom. The molecule has 4 bridgehead atoms. The van der Waals surface area contributed by atoms with Crippen LogP contribution in [-0.4, -0.2) is 51.3 Å². The summed E-state index contributed by atoms with van der Waals surface area (Å²) in [5.41, 5.74) is 1.10. The molecule has 0 radical (unpaired) electrons. The molecule has 0 aliphatic carbocycles. The van der Waals surface area contributed by atoms with E-state index < -0.39 is 0 Å². The van der Waals surface area contributed by atoms with E-state index in [0.717, 1.165) is 24.9 Å². The minimum Gasteiger partial charge on any atom is -0.334 e. The lowest BCUT2D eigenvalue weighted by atomic mass is 9.71. The van der Waals surface area contributed by atoms with E-state index in [4.69, 9.17) is 0 Å². The molecular weight excluding hydrogens is 330 g/mol. The van der Waals surface area contributed by atoms with E-state index in [2.05, 4.69) is 15.9 Å². The number of rotatable bonds is 5. The topological polar surface area (TPSA) is 66.7 Å². The zero-order valence-corrected chi connectivity index (χ0v) is 15.1. The Labute approximate surface area is 153 Å². The second-order valence-electron chi connectivity index (χ2n) is 7.53. The Kier molecular flexibility index (Phi) is 4.53. The highest BCUT2D eigenvalue weighted by Crippen LogP contribution is 2.45. The van der Waals surface area contributed by atoms with Crippen LogP contribution in [0.5, 0.6) is 0 Å². The molecule has 1 amide bonds. The third kappa shape index (κ3) is 2.82. The summed E-state index contributed by atoms with van der Waals surface area (Å²) in [5, 5.41) is 10.7. The number of carbonyl (C=O) groups excluding carboxylic acids is 1. The van der Waals surface area contributed by atoms with Crippen LogP contribution >= 0.6 is 0 Å². The Balaban J connectivity index is 1.44. The Hall–Kier alpha value is -2.21. The van der Waals surface area contributed by atoms with E-state index in [1.165, 1.54) is 12.8 Å². The monoisotopic (exact) mass is 355 g/mol. The number of nitro benzene ring substituents is 1. The molecular formula is C20H25N3O3. The van der Waals surface area contributed by atoms with E-state index in [1.807, 2.05) is 13.0 Å². The molecule has 6 nitrogen and oxygen atoms in total. The van der Waals surface area contributed by atoms with Crippen molar-refractivity contribution in [2.45, 2.75) is 63.2 Å². The summed E-state index contributed by atoms with van der Waals surface area (Å²) in [5.74, 6) is 0.315. The number of fused-ring (bicyclic) bond motifs is 2. The third-order valence-electron chi connectivity index (χ3n) is 6.29. The van der Waals surface area contributed by atoms with Gasteiger partial charge >= 0.3 is 0 Å². The lowest BCUT2D eigenvalue weighted by molar-refractivity contribution is -0.384. The van der Waals surface area contributed by atoms with Crippen LogP contribution in [-0.2, 0) is 4.79 Å². The van der Waals surface area contributed by atoms with Gasteiger partial charge in [-0.25, -0.2) is 0 Å². The van der Waals surface area contributed by atoms with Gasteiger partial charge in [0.2, 0.25) is 5.91 Å². The van der Waals surface area contributed by atoms with Crippen LogP contribution in [0.1, 0.15) is 44.6 Å². The van der Waals surface area contributed by atoms with Gasteiger partial charge in [0.1, 0.15) is 0 Å². The summed E-state index contributed by atoms with van der Waals surface area (Å²) in [6.45, 7) is 2.84. The van der Waals surface area contributed by atoms with Crippen molar-refractivity contribution >= 4 is 17.7 Å². The number of benzene rings is 1. The number of carbonyl (C=O) groups is 1. The molecule has 5 fully saturated rings. The second kappa shape index (κ2) is 6.83. The van der Waals surface area contributed by atoms with Gasteiger partial charge in [0.25, 0.3) is 5.69 Å². The molecule has 5 aliphatic heterocycles. The number of nitro groups is 1. The Morgan fingerprint density at radius 3 is 2.23 bits per heavy atom. The first-order chi connectivity index (χ1) is 12.6. The average molecular weight is 355 g/mol. The molecule has 5 aliphatic rings. The fraction of sp³-hybridized carbons (Fsp3) is 0.550. The quantitative estimate of drug-likeness (QED) is 0.601. The number of non-ortho nitro benzene ring substituents is 1. The normalized spacial score (nSPS) is 30.3. The summed E-state index contributed by atoms with van der Waals surface area (Å²) >= 11 is 0. The van der Waals surface area contributed by atoms with E-state index >= 15 is 0 Å². The van der Waals surface area contributed by atoms with Gasteiger partial charge < -0.3 is 4.90 Å². The van der Waals surface area contributed by atoms with Crippen molar-refractivity contribution in [3.8, 4) is 0 Å². The van der Waals surface area contributed by atoms with Gasteiger partial charge in [0.15, 0.2) is 0 Å². The van der Waals surface area contributed by atoms with Crippen molar-refractivity contribution < 1.29 is 9.72 Å². The number of nitrogens with zero attached hydrogens (tertiary/aromatic N) is 3. The standard InChI is InChI=1S/C20H25N3O3/c1-2-20(24)22-18-11-9-16-19(22)12-10-17(18)21(16)13-3-4-14-5-7-15(8-6-14)23(25)26/h3-8,16-19H,2,9-13H2,1H3/b4-3+. The van der Waals surface area contributed by atoms with Crippen molar-refractivity contribution in [3.05, 3.63) is 46.0 Å². The largest absolute Gasteiger partial charge is 0.334 e. The Morgan fingerprint density at radius 2 is 1.69 bits per heavy atom. The van der Waals surface area contributed by atoms with E-state index in [0.29, 0.717) is 36.5 Å². The second-order valence-corrected chi connectivity index (χ2v) is 7.53. The summed E-state index contributed by atoms with van der Waals surface area (Å²) in [6, 6.07) is 8.39. The van der Waals surface area contributed by atoms with Crippen molar-refractivity contribution in [1.82, 2.24) is 9.80 Å². The molecule has 138 valence electrons. The van der Waals surface area contributed by atoms with Crippen molar-refractivity contribution in [3.63, 3.8) is 0 Å². The van der Waals surface area contributed by atoms with Crippen molar-refractivity contribution in [1.29, 1.82) is 0 Å². The van der Waals surface area contributed by atoms with Crippen LogP contribution in [0, 0.1) is 10.1 Å². The summed E-state index contributed by atoms with van der Waals surface area (Å²) in [6.07, 6.45) is 9.44. The third-order valence-corrected chi connectivity index (χ3v) is 6.29. The number of hydrogen-bond acceptors (Lipinski definition) is 4. The molecule has 0 spiro atoms. The molecule has 0 saturated carbocycles. The highest BCUT2D eigenvalue weighted by Gasteiger charge is 2.55. The molecule has 6 rings (SSSR count). The highest BCUT2D eigenvalue weighted by molar-refractivity contribution is 5.77. The van der Waals surface area contributed by atoms with Gasteiger partial charge in [-0.2, -0.15) is 0 Å². The summed E-state index contributed by atoms with van der Waals surface area (Å²) in [7, 11) is 0. The highest BCUT2D eigenvalue weighted by atomic mass is 16.6. The first kappa shape index (κ1) is 17.2. The predicted octanol–water partition coefficient (Wildman–Crippen LogP) is 3.22. The number of piperidine rings is 4. The zero-order chi connectivity index (χ0) is 18.3. The van der Waals surface area contributed by atoms with Crippen molar-refractivity contribution in [2.75, 3.05) is 6.54 Å². The smallest absolute Gasteiger partial charge is 0.269 e. The van der Waals surface area contributed by atoms with Crippen LogP contribution in [0.25, 0.3) is 6.08 Å². The first-order valence-corrected chi connectivity index (χ1v) is 9.58. The molecule has 0 aromatic heterocycles. The Bertz CT molecular complexity index is 710. The molecule has 4 atom stereocenters. The maximum absolute atomic E-state index is 12.4. The molecule has 5 saturated heterocycles. The first-order valence-electron chi connectivity index (χ1n) is 9.58. The number of hydrogen-bond donors (Lipinski definition) is 0. The summed E-state index contributed by atoms with van der Waals surface area (Å²) < 4.78 is 0. The van der Waals surface area contributed by atoms with E-state index in [9.17, 15) is 14.9 Å². The lowest BCUT2D eigenvalue weighted by Crippen LogP contribution is -2.76. The van der Waals surface area contributed by atoms with Gasteiger partial charge in [-0.15, -0.1) is 0 Å². The van der Waals surface area contributed by atoms with Crippen LogP contribution in [0.3, 0.4) is 0 Å². The maximum Gasteiger partial charge on any atom is 0.269 e. The molecule has 26 heavy (non-hydrogen) atoms. The van der Waals surface area contributed by atoms with Crippen LogP contribution in [0.4, 0.5) is 5.69 Å². The van der Waals surface area contributed by atoms with Crippen LogP contribution in [0.2, 0.25) is 0 Å². The zero-order valence-electron chi connectivity index (χ0n) is 15.1. The number of amides is 1. The van der Waals surface area contributed by atoms with Crippen LogP contribution < -0.4 is 0 Å². The van der Waals surface area contributed by atoms with Crippen LogP contribution in [0.15, 0.2) is 30.3 Å².